The van der Waals surface area contributed by atoms with E-state index < -0.39 is 73.4 Å². The van der Waals surface area contributed by atoms with E-state index in [1.165, 1.54) is 0 Å². The van der Waals surface area contributed by atoms with Crippen molar-refractivity contribution < 1.29 is 105 Å². The Kier molecular flexibility index (Phi) is 47.9. The second-order valence-electron chi connectivity index (χ2n) is 42.1. The van der Waals surface area contributed by atoms with E-state index in [9.17, 15) is 42.3 Å². The quantitative estimate of drug-likeness (QED) is 0.00963. The molecule has 4 saturated heterocycles. The Morgan fingerprint density at radius 1 is 0.521 bits per heavy atom. The number of imidazole rings is 1. The minimum Gasteiger partial charge on any atom is -0.444 e. The monoisotopic (exact) mass is 2060 g/mol. The van der Waals surface area contributed by atoms with Crippen LogP contribution in [0.15, 0.2) is 133 Å². The first kappa shape index (κ1) is 125. The number of nitriles is 2. The molecular weight excluding hydrogens is 1910 g/mol. The number of alkyl carbamates (subject to hydrolysis) is 1. The Morgan fingerprint density at radius 2 is 0.807 bits per heavy atom. The predicted molar refractivity (Wildman–Crippen MR) is 544 cm³/mol. The normalized spacial score (nSPS) is 17.6. The largest absolute Gasteiger partial charge is 0.444 e. The number of alkyl halides is 1. The van der Waals surface area contributed by atoms with Gasteiger partial charge in [0.2, 0.25) is 0 Å². The number of halogens is 2. The molecule has 36 nitrogen and oxygen atoms in total. The molecule has 5 aromatic carbocycles. The molecule has 4 aliphatic heterocycles. The van der Waals surface area contributed by atoms with E-state index in [0.717, 1.165) is 59.1 Å². The van der Waals surface area contributed by atoms with Gasteiger partial charge >= 0.3 is 40.9 Å². The zero-order valence-electron chi connectivity index (χ0n) is 87.4. The van der Waals surface area contributed by atoms with Gasteiger partial charge in [-0.1, -0.05) is 160 Å². The van der Waals surface area contributed by atoms with Crippen molar-refractivity contribution in [1.82, 2.24) is 34.9 Å². The molecule has 4 fully saturated rings. The third kappa shape index (κ3) is 43.1. The third-order valence-corrected chi connectivity index (χ3v) is 22.1. The van der Waals surface area contributed by atoms with Crippen LogP contribution in [-0.4, -0.2) is 235 Å². The number of aromatic amines is 1. The number of ether oxygens (including phenoxy) is 9. The summed E-state index contributed by atoms with van der Waals surface area (Å²) in [7, 11) is -1.60. The van der Waals surface area contributed by atoms with Crippen LogP contribution in [0.2, 0.25) is 0 Å². The maximum atomic E-state index is 12.8. The van der Waals surface area contributed by atoms with Gasteiger partial charge in [0.1, 0.15) is 68.3 Å². The van der Waals surface area contributed by atoms with Crippen LogP contribution in [0.4, 0.5) is 24.0 Å². The molecular formula is C101H156BrClN14O22S. The van der Waals surface area contributed by atoms with Gasteiger partial charge < -0.3 is 79.9 Å². The van der Waals surface area contributed by atoms with Crippen molar-refractivity contribution in [2.45, 2.75) is 319 Å². The number of benzene rings is 5. The maximum Gasteiger partial charge on any atom is 0.412 e. The number of hydrogen-bond donors (Lipinski definition) is 9. The van der Waals surface area contributed by atoms with Crippen LogP contribution in [0, 0.1) is 33.5 Å². The lowest BCUT2D eigenvalue weighted by Gasteiger charge is -2.35. The average Bonchev–Trinajstić information content (AvgIpc) is 1.66. The number of carbonyl (C=O) groups is 6. The summed E-state index contributed by atoms with van der Waals surface area (Å²) in [6, 6.07) is 40.9. The maximum absolute atomic E-state index is 12.8. The molecule has 0 radical (unpaired) electrons. The molecule has 5 amide bonds. The summed E-state index contributed by atoms with van der Waals surface area (Å²) in [5.74, 6) is 4.72. The minimum atomic E-state index is -3.66. The Bertz CT molecular complexity index is 5170. The number of oxime groups is 1. The molecule has 782 valence electrons. The number of amides is 5. The third-order valence-electron chi connectivity index (χ3n) is 20.7. The molecule has 12 N–H and O–H groups in total. The summed E-state index contributed by atoms with van der Waals surface area (Å²) in [4.78, 5) is 87.7. The first-order valence-corrected chi connectivity index (χ1v) is 47.9. The van der Waals surface area contributed by atoms with Gasteiger partial charge in [-0.3, -0.25) is 38.2 Å². The number of ketones is 1. The Hall–Kier alpha value is -10.6. The van der Waals surface area contributed by atoms with Crippen LogP contribution in [0.5, 0.6) is 0 Å². The number of aliphatic hydroxyl groups is 1. The van der Waals surface area contributed by atoms with Gasteiger partial charge in [-0.05, 0) is 243 Å². The standard InChI is InChI=1S/C24H35N3O3.C18H27N3O4.C18H27N3O3.C18H24N2O3.C15H20N2O3.C6H11BrO.C2H6O4S.ClH.H3NO.H2/c1-22(2,3)19-14-25-20(26-19)17-11-9-16(10-12-17)13-18-15-29-24(7,8)27(18)21(28)30-23(4,5)6;1-17(2,3)25-16(22)21-14(11-24-18(21,4)5)10-12-6-8-13(9-7-12)15(19)20-23;1-17(2,3)24-16(22)21-14(11-23-18(21,4)5)10-12-6-8-13(9-7-12)15(19)20;1-17(2,3)23-16(21)20-15(12-22-18(20,4)5)10-13-6-8-14(11-19)9-7-13;1-15(2,3)20-14(19)17-13(10-18)8-11-4-6-12(9-16)7-5-11;1-6(2,3)5(8)4-7;1-5-7(3,4)6-2;;1-2;/h9-12,14,18H,13,15H2,1-8H3,(H,25,26);6-9,14,23H,10-11H2,1-5H3,(H2,19,20);6-9,14H,10-11H2,1-5H3,(H3,19,20);6-9,15H,10,12H2,1-5H3;4-7,13,18H,8,10H2,1-3H3,(H,17,19);4H2,1-3H3;1-2H3;1H;2H,1H2;1H/t18-;2*14-;15-;13-;;;;;/m00000...../s1. The number of aromatic nitrogens is 2. The summed E-state index contributed by atoms with van der Waals surface area (Å²) in [5, 5.41) is 55.6. The topological polar surface area (TPSA) is 514 Å². The second-order valence-corrected chi connectivity index (χ2v) is 44.2. The fourth-order valence-electron chi connectivity index (χ4n) is 13.9. The molecule has 6 aromatic rings. The first-order valence-electron chi connectivity index (χ1n) is 45.5. The molecule has 0 bridgehead atoms. The van der Waals surface area contributed by atoms with E-state index in [4.69, 9.17) is 80.4 Å². The van der Waals surface area contributed by atoms with Crippen molar-refractivity contribution in [1.29, 1.82) is 15.9 Å². The first-order chi connectivity index (χ1) is 63.8. The predicted octanol–water partition coefficient (Wildman–Crippen LogP) is 17.9. The number of Topliss-reactive ketones (excluding diaryl/α,β-unsaturated/α-hetero) is 1. The van der Waals surface area contributed by atoms with E-state index in [1.54, 1.807) is 88.9 Å². The molecule has 4 aliphatic rings. The number of nitrogens with one attached hydrogen (secondary N) is 3. The Balaban J connectivity index is 0.000000846. The SMILES string of the molecule is CC(C)(C)C(=O)CBr.CC(C)(C)OC(=O)N1[C@@H](Cc2ccc(-c3ncc(C(C)(C)C)[nH]3)cc2)COC1(C)C.CC(C)(C)OC(=O)N1[C@@H](Cc2ccc(C#N)cc2)COC1(C)C.CC(C)(C)OC(=O)N1[C@@H](Cc2ccc(C(=N)N)cc2)COC1(C)C.CC(C)(C)OC(=O)N1[C@@H](Cc2ccc(C(N)=NO)cc2)COC1(C)C.CC(C)(C)OC(=O)N[C@H](CO)Cc1ccc(C#N)cc1.COS(=O)(=O)OC.Cl.NO.[HH]. The van der Waals surface area contributed by atoms with Crippen molar-refractivity contribution in [3.63, 3.8) is 0 Å². The van der Waals surface area contributed by atoms with Crippen LogP contribution in [0.25, 0.3) is 11.4 Å². The molecule has 5 heterocycles. The van der Waals surface area contributed by atoms with Gasteiger partial charge in [-0.2, -0.15) is 18.9 Å². The summed E-state index contributed by atoms with van der Waals surface area (Å²) in [6.07, 6.45) is 3.02. The number of amidine groups is 2. The van der Waals surface area contributed by atoms with Crippen molar-refractivity contribution in [3.05, 3.63) is 183 Å². The van der Waals surface area contributed by atoms with Crippen LogP contribution >= 0.6 is 28.3 Å². The van der Waals surface area contributed by atoms with Gasteiger partial charge in [0.05, 0.1) is 106 Å². The van der Waals surface area contributed by atoms with Crippen molar-refractivity contribution in [2.24, 2.45) is 27.9 Å². The summed E-state index contributed by atoms with van der Waals surface area (Å²) in [6.45, 7) is 56.5. The van der Waals surface area contributed by atoms with Crippen LogP contribution in [0.1, 0.15) is 258 Å². The van der Waals surface area contributed by atoms with Crippen molar-refractivity contribution in [3.8, 4) is 23.5 Å². The van der Waals surface area contributed by atoms with E-state index >= 15 is 0 Å². The smallest absolute Gasteiger partial charge is 0.412 e. The van der Waals surface area contributed by atoms with Gasteiger partial charge in [-0.15, -0.1) is 12.4 Å². The number of rotatable bonds is 18. The zero-order chi connectivity index (χ0) is 106. The number of H-pyrrole nitrogens is 1. The summed E-state index contributed by atoms with van der Waals surface area (Å²) >= 11 is 3.10. The van der Waals surface area contributed by atoms with Gasteiger partial charge in [0.25, 0.3) is 0 Å². The van der Waals surface area contributed by atoms with Gasteiger partial charge in [0.15, 0.2) is 5.84 Å². The molecule has 0 aliphatic carbocycles. The summed E-state index contributed by atoms with van der Waals surface area (Å²) < 4.78 is 78.2. The fourth-order valence-corrected chi connectivity index (χ4v) is 14.9. The lowest BCUT2D eigenvalue weighted by Crippen LogP contribution is -2.50. The van der Waals surface area contributed by atoms with E-state index in [0.29, 0.717) is 86.1 Å². The highest BCUT2D eigenvalue weighted by Crippen LogP contribution is 2.37. The summed E-state index contributed by atoms with van der Waals surface area (Å²) in [5.41, 5.74) is 15.2. The lowest BCUT2D eigenvalue weighted by atomic mass is 9.92. The van der Waals surface area contributed by atoms with Crippen LogP contribution in [-0.2, 0) is 104 Å². The van der Waals surface area contributed by atoms with Crippen LogP contribution in [0.3, 0.4) is 0 Å². The fraction of sp³-hybridized carbons (Fsp3) is 0.574. The molecule has 1 aromatic heterocycles. The molecule has 5 atom stereocenters. The molecule has 0 spiro atoms. The highest BCUT2D eigenvalue weighted by atomic mass is 79.9. The number of carbonyl (C=O) groups excluding carboxylic acids is 6. The highest BCUT2D eigenvalue weighted by molar-refractivity contribution is 9.09. The van der Waals surface area contributed by atoms with Crippen molar-refractivity contribution >= 4 is 86.7 Å². The van der Waals surface area contributed by atoms with Crippen molar-refractivity contribution in [2.75, 3.05) is 52.6 Å². The van der Waals surface area contributed by atoms with E-state index in [1.807, 2.05) is 220 Å². The van der Waals surface area contributed by atoms with Gasteiger partial charge in [0, 0.05) is 40.8 Å². The van der Waals surface area contributed by atoms with E-state index in [-0.39, 0.29) is 97.3 Å². The molecule has 140 heavy (non-hydrogen) atoms. The Labute approximate surface area is 844 Å². The second kappa shape index (κ2) is 53.5. The molecule has 0 unspecified atom stereocenters. The lowest BCUT2D eigenvalue weighted by molar-refractivity contribution is -0.123. The highest BCUT2D eigenvalue weighted by Gasteiger charge is 2.50. The Morgan fingerprint density at radius 3 is 1.04 bits per heavy atom. The molecule has 0 saturated carbocycles. The van der Waals surface area contributed by atoms with E-state index in [2.05, 4.69) is 102 Å². The zero-order valence-corrected chi connectivity index (χ0v) is 90.6. The number of nitrogens with zero attached hydrogens (tertiary/aromatic N) is 8. The van der Waals surface area contributed by atoms with Gasteiger partial charge in [-0.25, -0.2) is 34.9 Å². The molecule has 39 heteroatoms. The average molecular weight is 2070 g/mol. The van der Waals surface area contributed by atoms with Crippen LogP contribution < -0.4 is 22.7 Å². The number of aliphatic hydroxyl groups excluding tert-OH is 1. The molecule has 10 rings (SSSR count). The number of nitrogen functional groups attached to an aromatic ring is 1. The minimum absolute atomic E-state index is 0. The number of hydrogen-bond acceptors (Lipinski definition) is 28. The number of nitrogens with two attached hydrogens (primary N) is 3.